The van der Waals surface area contributed by atoms with E-state index < -0.39 is 35.6 Å². The van der Waals surface area contributed by atoms with Gasteiger partial charge >= 0.3 is 5.97 Å². The largest absolute Gasteiger partial charge is 0.458 e. The molecular formula is C28H41NO6. The molecule has 0 amide bonds. The van der Waals surface area contributed by atoms with E-state index in [0.29, 0.717) is 6.42 Å². The number of hydrogen-bond donors (Lipinski definition) is 2. The van der Waals surface area contributed by atoms with E-state index in [0.717, 1.165) is 30.5 Å². The van der Waals surface area contributed by atoms with Gasteiger partial charge in [-0.25, -0.2) is 0 Å². The maximum Gasteiger partial charge on any atom is 0.309 e. The van der Waals surface area contributed by atoms with Crippen LogP contribution in [0, 0.1) is 17.3 Å². The summed E-state index contributed by atoms with van der Waals surface area (Å²) in [6, 6.07) is 5.62. The number of ether oxygens (including phenoxy) is 2. The number of carbonyl (C=O) groups is 2. The minimum absolute atomic E-state index is 0.0533. The number of esters is 1. The molecule has 0 spiro atoms. The van der Waals surface area contributed by atoms with Gasteiger partial charge in [0.25, 0.3) is 0 Å². The molecule has 0 saturated carbocycles. The summed E-state index contributed by atoms with van der Waals surface area (Å²) in [6.07, 6.45) is 3.60. The third-order valence-corrected chi connectivity index (χ3v) is 7.98. The molecule has 3 rings (SSSR count). The Labute approximate surface area is 208 Å². The molecule has 194 valence electrons. The van der Waals surface area contributed by atoms with Crippen molar-refractivity contribution < 1.29 is 29.3 Å². The van der Waals surface area contributed by atoms with Crippen LogP contribution in [-0.2, 0) is 19.1 Å². The molecule has 7 nitrogen and oxygen atoms in total. The van der Waals surface area contributed by atoms with Crippen molar-refractivity contribution in [3.63, 3.8) is 0 Å². The quantitative estimate of drug-likeness (QED) is 0.477. The van der Waals surface area contributed by atoms with Gasteiger partial charge in [0.2, 0.25) is 0 Å². The maximum absolute atomic E-state index is 13.2. The van der Waals surface area contributed by atoms with Crippen LogP contribution in [0.3, 0.4) is 0 Å². The minimum atomic E-state index is -1.23. The predicted octanol–water partition coefficient (Wildman–Crippen LogP) is 4.11. The zero-order valence-electron chi connectivity index (χ0n) is 21.9. The van der Waals surface area contributed by atoms with E-state index in [9.17, 15) is 19.8 Å². The predicted molar refractivity (Wildman–Crippen MR) is 133 cm³/mol. The number of fused-ring (bicyclic) bond motifs is 1. The fourth-order valence-corrected chi connectivity index (χ4v) is 5.08. The zero-order chi connectivity index (χ0) is 26.0. The van der Waals surface area contributed by atoms with Crippen LogP contribution in [0.4, 0.5) is 0 Å². The van der Waals surface area contributed by atoms with Gasteiger partial charge in [0.1, 0.15) is 11.9 Å². The topological polar surface area (TPSA) is 109 Å². The second-order valence-corrected chi connectivity index (χ2v) is 11.2. The highest BCUT2D eigenvalue weighted by molar-refractivity contribution is 5.88. The Hall–Kier alpha value is -2.09. The van der Waals surface area contributed by atoms with Crippen molar-refractivity contribution >= 4 is 17.8 Å². The highest BCUT2D eigenvalue weighted by Gasteiger charge is 2.53. The first-order valence-corrected chi connectivity index (χ1v) is 12.7. The summed E-state index contributed by atoms with van der Waals surface area (Å²) in [5, 5.41) is 21.7. The zero-order valence-corrected chi connectivity index (χ0v) is 21.9. The first-order chi connectivity index (χ1) is 16.3. The van der Waals surface area contributed by atoms with Gasteiger partial charge in [-0.1, -0.05) is 40.2 Å². The first-order valence-electron chi connectivity index (χ1n) is 12.7. The van der Waals surface area contributed by atoms with Crippen LogP contribution in [-0.4, -0.2) is 57.0 Å². The monoisotopic (exact) mass is 487 g/mol. The second-order valence-electron chi connectivity index (χ2n) is 11.2. The molecule has 2 aliphatic rings. The van der Waals surface area contributed by atoms with Gasteiger partial charge in [-0.05, 0) is 56.4 Å². The number of Topliss-reactive ketones (excluding diaryl/α,β-unsaturated/α-hetero) is 1. The number of pyridine rings is 1. The average molecular weight is 488 g/mol. The summed E-state index contributed by atoms with van der Waals surface area (Å²) in [5.41, 5.74) is 0.0933. The van der Waals surface area contributed by atoms with Crippen molar-refractivity contribution in [2.75, 3.05) is 0 Å². The number of nitrogens with zero attached hydrogens (tertiary/aromatic N) is 1. The van der Waals surface area contributed by atoms with Gasteiger partial charge in [-0.15, -0.1) is 0 Å². The van der Waals surface area contributed by atoms with Crippen molar-refractivity contribution in [3.8, 4) is 0 Å². The molecule has 0 radical (unpaired) electrons. The van der Waals surface area contributed by atoms with Crippen LogP contribution < -0.4 is 0 Å². The third-order valence-electron chi connectivity index (χ3n) is 7.98. The molecule has 3 heterocycles. The molecule has 7 atom stereocenters. The van der Waals surface area contributed by atoms with Crippen molar-refractivity contribution in [1.29, 1.82) is 0 Å². The van der Waals surface area contributed by atoms with E-state index in [1.165, 1.54) is 0 Å². The Morgan fingerprint density at radius 2 is 1.89 bits per heavy atom. The highest BCUT2D eigenvalue weighted by atomic mass is 16.6. The van der Waals surface area contributed by atoms with E-state index in [2.05, 4.69) is 11.9 Å². The van der Waals surface area contributed by atoms with Crippen LogP contribution in [0.15, 0.2) is 30.0 Å². The Bertz CT molecular complexity index is 929. The number of rotatable bonds is 2. The van der Waals surface area contributed by atoms with Gasteiger partial charge in [0, 0.05) is 18.5 Å². The number of epoxide rings is 1. The maximum atomic E-state index is 13.2. The number of hydrogen-bond acceptors (Lipinski definition) is 7. The average Bonchev–Trinajstić information content (AvgIpc) is 3.45. The van der Waals surface area contributed by atoms with Crippen LogP contribution in [0.1, 0.15) is 79.3 Å². The Morgan fingerprint density at radius 3 is 2.54 bits per heavy atom. The first kappa shape index (κ1) is 27.5. The Morgan fingerprint density at radius 1 is 1.17 bits per heavy atom. The smallest absolute Gasteiger partial charge is 0.309 e. The van der Waals surface area contributed by atoms with Gasteiger partial charge in [0.05, 0.1) is 41.4 Å². The summed E-state index contributed by atoms with van der Waals surface area (Å²) in [5.74, 6) is -1.56. The van der Waals surface area contributed by atoms with Gasteiger partial charge < -0.3 is 19.7 Å². The molecule has 1 aromatic rings. The number of aliphatic hydroxyl groups is 2. The van der Waals surface area contributed by atoms with Crippen LogP contribution in [0.25, 0.3) is 6.08 Å². The highest BCUT2D eigenvalue weighted by Crippen LogP contribution is 2.45. The summed E-state index contributed by atoms with van der Waals surface area (Å²) < 4.78 is 11.9. The molecule has 0 aliphatic carbocycles. The lowest BCUT2D eigenvalue weighted by Gasteiger charge is -2.34. The molecule has 2 aliphatic heterocycles. The number of ketones is 1. The van der Waals surface area contributed by atoms with Gasteiger partial charge in [-0.2, -0.15) is 0 Å². The molecule has 7 heteroatoms. The van der Waals surface area contributed by atoms with Crippen LogP contribution in [0.5, 0.6) is 0 Å². The third kappa shape index (κ3) is 6.57. The lowest BCUT2D eigenvalue weighted by atomic mass is 9.73. The van der Waals surface area contributed by atoms with E-state index in [1.54, 1.807) is 27.0 Å². The molecule has 2 saturated heterocycles. The van der Waals surface area contributed by atoms with E-state index in [4.69, 9.17) is 9.47 Å². The van der Waals surface area contributed by atoms with Gasteiger partial charge in [-0.3, -0.25) is 14.6 Å². The molecule has 2 fully saturated rings. The number of aliphatic hydroxyl groups excluding tert-OH is 2. The van der Waals surface area contributed by atoms with E-state index in [-0.39, 0.29) is 29.8 Å². The lowest BCUT2D eigenvalue weighted by Crippen LogP contribution is -2.45. The second kappa shape index (κ2) is 10.9. The van der Waals surface area contributed by atoms with E-state index in [1.807, 2.05) is 38.1 Å². The fourth-order valence-electron chi connectivity index (χ4n) is 5.08. The van der Waals surface area contributed by atoms with Crippen LogP contribution >= 0.6 is 0 Å². The summed E-state index contributed by atoms with van der Waals surface area (Å²) in [7, 11) is 0. The lowest BCUT2D eigenvalue weighted by molar-refractivity contribution is -0.154. The van der Waals surface area contributed by atoms with Crippen molar-refractivity contribution in [3.05, 3.63) is 35.7 Å². The molecular weight excluding hydrogens is 446 g/mol. The Balaban J connectivity index is 1.86. The molecule has 1 aromatic heterocycles. The summed E-state index contributed by atoms with van der Waals surface area (Å²) in [4.78, 5) is 30.5. The number of cyclic esters (lactones) is 1. The SMILES string of the molecule is CC(=Cc1ccccn1)C1C[C@H]2O[C@@]2(C)CCC[C@H](C)[C@H](O)[C@@H](C)C(=O)C(C)(C)C(O)CC(=O)O1. The minimum Gasteiger partial charge on any atom is -0.458 e. The molecule has 2 N–H and O–H groups in total. The standard InChI is InChI=1S/C28H41NO6/c1-17-10-9-12-28(6)23(35-28)15-21(18(2)14-20-11-7-8-13-29-20)34-24(31)16-22(30)27(4,5)26(33)19(3)25(17)32/h7-8,11,13-14,17,19,21-23,25,30,32H,9-10,12,15-16H2,1-6H3/t17-,19+,21?,22?,23+,25-,28-/m0/s1. The summed E-state index contributed by atoms with van der Waals surface area (Å²) in [6.45, 7) is 10.9. The molecule has 0 bridgehead atoms. The van der Waals surface area contributed by atoms with Crippen molar-refractivity contribution in [1.82, 2.24) is 4.98 Å². The molecule has 35 heavy (non-hydrogen) atoms. The fraction of sp³-hybridized carbons (Fsp3) is 0.679. The van der Waals surface area contributed by atoms with Crippen LogP contribution in [0.2, 0.25) is 0 Å². The molecule has 0 aromatic carbocycles. The van der Waals surface area contributed by atoms with Gasteiger partial charge in [0.15, 0.2) is 0 Å². The number of aromatic nitrogens is 1. The normalized spacial score (nSPS) is 37.3. The van der Waals surface area contributed by atoms with E-state index >= 15 is 0 Å². The Kier molecular flexibility index (Phi) is 8.56. The summed E-state index contributed by atoms with van der Waals surface area (Å²) >= 11 is 0. The van der Waals surface area contributed by atoms with Crippen molar-refractivity contribution in [2.45, 2.75) is 104 Å². The molecule has 2 unspecified atom stereocenters. The number of carbonyl (C=O) groups excluding carboxylic acids is 2. The van der Waals surface area contributed by atoms with Crippen molar-refractivity contribution in [2.24, 2.45) is 17.3 Å².